The molecule has 0 saturated carbocycles. The van der Waals surface area contributed by atoms with E-state index in [9.17, 15) is 38.4 Å². The molecular weight excluding hydrogens is 991 g/mol. The van der Waals surface area contributed by atoms with Gasteiger partial charge < -0.3 is 44.2 Å². The van der Waals surface area contributed by atoms with Gasteiger partial charge in [-0.25, -0.2) is 14.4 Å². The van der Waals surface area contributed by atoms with Crippen molar-refractivity contribution in [2.24, 2.45) is 5.92 Å². The normalized spacial score (nSPS) is 11.8. The first-order valence-corrected chi connectivity index (χ1v) is 25.1. The number of unbranched alkanes of at least 4 members (excludes halogenated alkanes) is 2. The van der Waals surface area contributed by atoms with Crippen LogP contribution in [0, 0.1) is 5.92 Å². The first kappa shape index (κ1) is 57.0. The Balaban J connectivity index is 1.15. The third-order valence-electron chi connectivity index (χ3n) is 11.8. The lowest BCUT2D eigenvalue weighted by Crippen LogP contribution is -2.49. The Labute approximate surface area is 445 Å². The molecule has 1 aromatic heterocycles. The van der Waals surface area contributed by atoms with Gasteiger partial charge in [-0.1, -0.05) is 148 Å². The minimum Gasteiger partial charge on any atom is -0.481 e. The minimum absolute atomic E-state index is 0.0489. The first-order valence-electron chi connectivity index (χ1n) is 25.1. The van der Waals surface area contributed by atoms with Gasteiger partial charge in [-0.3, -0.25) is 29.3 Å². The van der Waals surface area contributed by atoms with Gasteiger partial charge in [0.05, 0.1) is 30.6 Å². The molecule has 5 aromatic carbocycles. The maximum absolute atomic E-state index is 14.2. The van der Waals surface area contributed by atoms with Crippen LogP contribution in [0.2, 0.25) is 0 Å². The molecule has 0 fully saturated rings. The molecule has 77 heavy (non-hydrogen) atoms. The fourth-order valence-electron chi connectivity index (χ4n) is 7.85. The fraction of sp³-hybridized carbons (Fsp3) is 0.276. The Morgan fingerprint density at radius 2 is 1.25 bits per heavy atom. The zero-order chi connectivity index (χ0) is 54.8. The van der Waals surface area contributed by atoms with E-state index in [1.165, 1.54) is 30.3 Å². The van der Waals surface area contributed by atoms with Crippen molar-refractivity contribution < 1.29 is 66.6 Å². The summed E-state index contributed by atoms with van der Waals surface area (Å²) in [4.78, 5) is 111. The van der Waals surface area contributed by atoms with Gasteiger partial charge in [0.15, 0.2) is 12.4 Å². The van der Waals surface area contributed by atoms with E-state index in [1.807, 2.05) is 19.1 Å². The highest BCUT2D eigenvalue weighted by molar-refractivity contribution is 6.00. The zero-order valence-corrected chi connectivity index (χ0v) is 42.7. The third kappa shape index (κ3) is 18.3. The maximum atomic E-state index is 14.2. The van der Waals surface area contributed by atoms with Gasteiger partial charge >= 0.3 is 24.0 Å². The fourth-order valence-corrected chi connectivity index (χ4v) is 7.85. The van der Waals surface area contributed by atoms with Gasteiger partial charge in [-0.15, -0.1) is 0 Å². The first-order chi connectivity index (χ1) is 37.4. The molecule has 6 aromatic rings. The largest absolute Gasteiger partial charge is 0.481 e. The Hall–Kier alpha value is -9.26. The number of para-hydroxylation sites is 1. The number of furan rings is 1. The van der Waals surface area contributed by atoms with E-state index >= 15 is 0 Å². The highest BCUT2D eigenvalue weighted by atomic mass is 16.7. The molecule has 0 spiro atoms. The van der Waals surface area contributed by atoms with Gasteiger partial charge in [0.25, 0.3) is 11.8 Å². The predicted molar refractivity (Wildman–Crippen MR) is 281 cm³/mol. The summed E-state index contributed by atoms with van der Waals surface area (Å²) >= 11 is 0. The van der Waals surface area contributed by atoms with E-state index < -0.39 is 72.8 Å². The van der Waals surface area contributed by atoms with E-state index in [0.717, 1.165) is 23.5 Å². The van der Waals surface area contributed by atoms with Crippen molar-refractivity contribution in [3.8, 4) is 17.1 Å². The summed E-state index contributed by atoms with van der Waals surface area (Å²) in [5.74, 6) is -5.54. The number of hydrogen-bond donors (Lipinski definition) is 4. The molecule has 0 aliphatic carbocycles. The number of nitrogens with one attached hydrogen (secondary N) is 4. The summed E-state index contributed by atoms with van der Waals surface area (Å²) in [6.07, 6.45) is 1.77. The van der Waals surface area contributed by atoms with E-state index in [2.05, 4.69) is 21.3 Å². The standard InChI is InChI=1S/C58H61N5O14/c1-3-5-10-27-45(48(4-2)63(39-64)77-58(71)61-44-25-17-9-18-26-44)54(67)59-38-60-56(69)50-31-30-49(76-50)43-28-29-46(51(32-43)72-37-53(66)74-35-41-21-13-7-14-22-41)55(68)62-47(57(70)75-36-42-23-15-8-16-24-42)33-52(65)73-34-40-19-11-6-12-20-40/h6-9,11-26,28-32,39,45,47-48H,3-5,10,27,33-38H2,1-2H3,(H,59,67)(H,60,69)(H,61,71)(H,62,68)/t45?,47?,48-/m1/s1. The number of ether oxygens (including phenoxy) is 4. The molecule has 1 heterocycles. The third-order valence-corrected chi connectivity index (χ3v) is 11.8. The van der Waals surface area contributed by atoms with Crippen molar-refractivity contribution in [2.75, 3.05) is 18.6 Å². The van der Waals surface area contributed by atoms with Crippen molar-refractivity contribution in [1.82, 2.24) is 21.0 Å². The number of anilines is 1. The summed E-state index contributed by atoms with van der Waals surface area (Å²) in [7, 11) is 0. The Bertz CT molecular complexity index is 2880. The maximum Gasteiger partial charge on any atom is 0.436 e. The molecule has 3 atom stereocenters. The number of amides is 5. The van der Waals surface area contributed by atoms with Crippen LogP contribution in [0.15, 0.2) is 156 Å². The molecule has 0 bridgehead atoms. The highest BCUT2D eigenvalue weighted by Gasteiger charge is 2.34. The summed E-state index contributed by atoms with van der Waals surface area (Å²) in [6.45, 7) is 2.50. The number of carbonyl (C=O) groups excluding carboxylic acids is 8. The number of nitrogens with zero attached hydrogens (tertiary/aromatic N) is 1. The molecule has 4 N–H and O–H groups in total. The van der Waals surface area contributed by atoms with Crippen LogP contribution in [0.4, 0.5) is 10.5 Å². The van der Waals surface area contributed by atoms with Crippen molar-refractivity contribution >= 4 is 53.8 Å². The molecule has 2 unspecified atom stereocenters. The van der Waals surface area contributed by atoms with E-state index in [0.29, 0.717) is 41.6 Å². The highest BCUT2D eigenvalue weighted by Crippen LogP contribution is 2.30. The second kappa shape index (κ2) is 30.2. The SMILES string of the molecule is CCCCCC(C(=O)NCNC(=O)c1ccc(-c2ccc(C(=O)NC(CC(=O)OCc3ccccc3)C(=O)OCc3ccccc3)c(OCC(=O)OCc3ccccc3)c2)o1)[C@@H](CC)N(C=O)OC(=O)Nc1ccccc1. The van der Waals surface area contributed by atoms with Crippen LogP contribution < -0.4 is 26.0 Å². The van der Waals surface area contributed by atoms with Crippen LogP contribution in [-0.4, -0.2) is 78.6 Å². The van der Waals surface area contributed by atoms with E-state index in [4.69, 9.17) is 28.2 Å². The number of carbonyl (C=O) groups is 8. The number of hydrogen-bond acceptors (Lipinski definition) is 14. The lowest BCUT2D eigenvalue weighted by atomic mass is 9.90. The Morgan fingerprint density at radius 3 is 1.84 bits per heavy atom. The molecular formula is C58H61N5O14. The van der Waals surface area contributed by atoms with Crippen molar-refractivity contribution in [2.45, 2.75) is 84.3 Å². The zero-order valence-electron chi connectivity index (χ0n) is 42.7. The van der Waals surface area contributed by atoms with E-state index in [1.54, 1.807) is 116 Å². The molecule has 0 radical (unpaired) electrons. The van der Waals surface area contributed by atoms with Crippen molar-refractivity contribution in [1.29, 1.82) is 0 Å². The van der Waals surface area contributed by atoms with Crippen LogP contribution in [0.1, 0.15) is 90.0 Å². The molecule has 5 amide bonds. The average Bonchev–Trinajstić information content (AvgIpc) is 3.96. The number of hydroxylamine groups is 2. The molecule has 19 heteroatoms. The lowest BCUT2D eigenvalue weighted by Gasteiger charge is -2.31. The van der Waals surface area contributed by atoms with Gasteiger partial charge in [0.1, 0.15) is 37.4 Å². The molecule has 402 valence electrons. The van der Waals surface area contributed by atoms with Crippen LogP contribution in [-0.2, 0) is 62.8 Å². The quantitative estimate of drug-likeness (QED) is 0.00860. The Kier molecular flexibility index (Phi) is 22.4. The smallest absolute Gasteiger partial charge is 0.436 e. The van der Waals surface area contributed by atoms with Crippen LogP contribution in [0.25, 0.3) is 11.3 Å². The van der Waals surface area contributed by atoms with Crippen LogP contribution in [0.3, 0.4) is 0 Å². The van der Waals surface area contributed by atoms with Crippen LogP contribution >= 0.6 is 0 Å². The lowest BCUT2D eigenvalue weighted by molar-refractivity contribution is -0.167. The molecule has 6 rings (SSSR count). The molecule has 0 aliphatic rings. The molecule has 0 saturated heterocycles. The minimum atomic E-state index is -1.52. The molecule has 19 nitrogen and oxygen atoms in total. The summed E-state index contributed by atoms with van der Waals surface area (Å²) in [5, 5.41) is 11.3. The average molecular weight is 1050 g/mol. The summed E-state index contributed by atoms with van der Waals surface area (Å²) in [5.41, 5.74) is 2.69. The van der Waals surface area contributed by atoms with E-state index in [-0.39, 0.29) is 55.7 Å². The van der Waals surface area contributed by atoms with Crippen molar-refractivity contribution in [3.05, 3.63) is 180 Å². The monoisotopic (exact) mass is 1050 g/mol. The topological polar surface area (TPSA) is 247 Å². The van der Waals surface area contributed by atoms with Gasteiger partial charge in [-0.05, 0) is 65.9 Å². The number of benzene rings is 5. The summed E-state index contributed by atoms with van der Waals surface area (Å²) in [6, 6.07) is 39.9. The van der Waals surface area contributed by atoms with Gasteiger partial charge in [0.2, 0.25) is 12.3 Å². The van der Waals surface area contributed by atoms with Crippen molar-refractivity contribution in [3.63, 3.8) is 0 Å². The van der Waals surface area contributed by atoms with Gasteiger partial charge in [-0.2, -0.15) is 5.06 Å². The second-order valence-corrected chi connectivity index (χ2v) is 17.4. The number of rotatable bonds is 29. The second-order valence-electron chi connectivity index (χ2n) is 17.4. The summed E-state index contributed by atoms with van der Waals surface area (Å²) < 4.78 is 28.2. The molecule has 0 aliphatic heterocycles. The Morgan fingerprint density at radius 1 is 0.649 bits per heavy atom. The number of esters is 3. The predicted octanol–water partition coefficient (Wildman–Crippen LogP) is 8.44. The van der Waals surface area contributed by atoms with Crippen LogP contribution in [0.5, 0.6) is 5.75 Å². The van der Waals surface area contributed by atoms with Gasteiger partial charge in [0, 0.05) is 11.3 Å².